The molecule has 0 saturated carbocycles. The summed E-state index contributed by atoms with van der Waals surface area (Å²) in [4.78, 5) is 0. The van der Waals surface area contributed by atoms with Gasteiger partial charge in [0.25, 0.3) is 0 Å². The van der Waals surface area contributed by atoms with E-state index in [1.807, 2.05) is 18.2 Å². The molecule has 88 valence electrons. The van der Waals surface area contributed by atoms with Crippen LogP contribution in [0.25, 0.3) is 0 Å². The Labute approximate surface area is 120 Å². The maximum Gasteiger partial charge on any atom is 0.0648 e. The van der Waals surface area contributed by atoms with Crippen molar-refractivity contribution in [1.29, 1.82) is 0 Å². The van der Waals surface area contributed by atoms with Gasteiger partial charge in [-0.05, 0) is 53.3 Å². The van der Waals surface area contributed by atoms with Crippen molar-refractivity contribution in [3.63, 3.8) is 0 Å². The number of hydrogen-bond donors (Lipinski definition) is 1. The van der Waals surface area contributed by atoms with Gasteiger partial charge in [-0.3, -0.25) is 0 Å². The molecule has 0 unspecified atom stereocenters. The van der Waals surface area contributed by atoms with Crippen molar-refractivity contribution in [2.75, 3.05) is 5.32 Å². The van der Waals surface area contributed by atoms with Crippen molar-refractivity contribution in [3.8, 4) is 0 Å². The quantitative estimate of drug-likeness (QED) is 0.773. The van der Waals surface area contributed by atoms with Crippen LogP contribution in [0.3, 0.4) is 0 Å². The van der Waals surface area contributed by atoms with Gasteiger partial charge < -0.3 is 5.32 Å². The van der Waals surface area contributed by atoms with Crippen LogP contribution in [0.15, 0.2) is 42.5 Å². The third-order valence-corrected chi connectivity index (χ3v) is 3.48. The molecule has 2 aromatic rings. The largest absolute Gasteiger partial charge is 0.380 e. The number of anilines is 1. The Morgan fingerprint density at radius 1 is 1.18 bits per heavy atom. The van der Waals surface area contributed by atoms with E-state index in [2.05, 4.69) is 59.1 Å². The average Bonchev–Trinajstić information content (AvgIpc) is 2.28. The molecule has 0 aromatic heterocycles. The van der Waals surface area contributed by atoms with Gasteiger partial charge in [0.15, 0.2) is 0 Å². The lowest BCUT2D eigenvalue weighted by Crippen LogP contribution is -2.00. The Morgan fingerprint density at radius 3 is 2.71 bits per heavy atom. The molecule has 3 heteroatoms. The highest BCUT2D eigenvalue weighted by Crippen LogP contribution is 2.24. The van der Waals surface area contributed by atoms with E-state index in [4.69, 9.17) is 11.6 Å². The molecule has 0 heterocycles. The lowest BCUT2D eigenvalue weighted by molar-refractivity contribution is 1.14. The molecule has 0 amide bonds. The fourth-order valence-corrected chi connectivity index (χ4v) is 2.57. The predicted molar refractivity (Wildman–Crippen MR) is 82.7 cm³/mol. The standard InChI is InChI=1S/C14H13ClIN/c1-10-3-2-4-11(7-10)9-17-14-6-5-12(16)8-13(14)15/h2-8,17H,9H2,1H3. The Bertz CT molecular complexity index is 525. The molecule has 0 aliphatic heterocycles. The van der Waals surface area contributed by atoms with E-state index in [1.165, 1.54) is 11.1 Å². The smallest absolute Gasteiger partial charge is 0.0648 e. The minimum Gasteiger partial charge on any atom is -0.380 e. The van der Waals surface area contributed by atoms with Gasteiger partial charge in [0, 0.05) is 10.1 Å². The Hall–Kier alpha value is -0.740. The van der Waals surface area contributed by atoms with Crippen molar-refractivity contribution in [2.24, 2.45) is 0 Å². The van der Waals surface area contributed by atoms with Gasteiger partial charge in [-0.1, -0.05) is 41.4 Å². The molecule has 0 radical (unpaired) electrons. The maximum atomic E-state index is 6.16. The van der Waals surface area contributed by atoms with E-state index >= 15 is 0 Å². The third-order valence-electron chi connectivity index (χ3n) is 2.50. The average molecular weight is 358 g/mol. The van der Waals surface area contributed by atoms with Crippen LogP contribution in [0.5, 0.6) is 0 Å². The molecule has 0 aliphatic rings. The van der Waals surface area contributed by atoms with Crippen molar-refractivity contribution in [1.82, 2.24) is 0 Å². The summed E-state index contributed by atoms with van der Waals surface area (Å²) in [6.07, 6.45) is 0. The molecule has 0 fully saturated rings. The third kappa shape index (κ3) is 3.61. The van der Waals surface area contributed by atoms with Crippen LogP contribution in [0.2, 0.25) is 5.02 Å². The first-order chi connectivity index (χ1) is 8.15. The number of halogens is 2. The van der Waals surface area contributed by atoms with Gasteiger partial charge in [0.05, 0.1) is 10.7 Å². The van der Waals surface area contributed by atoms with Gasteiger partial charge >= 0.3 is 0 Å². The normalized spacial score (nSPS) is 10.3. The molecule has 1 nitrogen and oxygen atoms in total. The van der Waals surface area contributed by atoms with Crippen molar-refractivity contribution in [2.45, 2.75) is 13.5 Å². The lowest BCUT2D eigenvalue weighted by atomic mass is 10.1. The van der Waals surface area contributed by atoms with Crippen LogP contribution in [-0.4, -0.2) is 0 Å². The number of rotatable bonds is 3. The summed E-state index contributed by atoms with van der Waals surface area (Å²) >= 11 is 8.41. The molecular weight excluding hydrogens is 345 g/mol. The van der Waals surface area contributed by atoms with E-state index in [0.29, 0.717) is 0 Å². The summed E-state index contributed by atoms with van der Waals surface area (Å²) < 4.78 is 1.15. The predicted octanol–water partition coefficient (Wildman–Crippen LogP) is 4.87. The highest BCUT2D eigenvalue weighted by atomic mass is 127. The highest BCUT2D eigenvalue weighted by Gasteiger charge is 2.00. The van der Waals surface area contributed by atoms with Crippen LogP contribution in [0, 0.1) is 10.5 Å². The molecule has 2 aromatic carbocycles. The SMILES string of the molecule is Cc1cccc(CNc2ccc(I)cc2Cl)c1. The van der Waals surface area contributed by atoms with Crippen molar-refractivity contribution < 1.29 is 0 Å². The Morgan fingerprint density at radius 2 is 2.00 bits per heavy atom. The van der Waals surface area contributed by atoms with E-state index in [9.17, 15) is 0 Å². The van der Waals surface area contributed by atoms with Crippen LogP contribution >= 0.6 is 34.2 Å². The zero-order valence-electron chi connectivity index (χ0n) is 9.50. The number of aryl methyl sites for hydroxylation is 1. The maximum absolute atomic E-state index is 6.16. The second-order valence-electron chi connectivity index (χ2n) is 3.97. The van der Waals surface area contributed by atoms with Crippen molar-refractivity contribution in [3.05, 3.63) is 62.2 Å². The summed E-state index contributed by atoms with van der Waals surface area (Å²) in [6, 6.07) is 14.5. The molecule has 0 spiro atoms. The first-order valence-electron chi connectivity index (χ1n) is 5.39. The van der Waals surface area contributed by atoms with Gasteiger partial charge in [-0.2, -0.15) is 0 Å². The fraction of sp³-hybridized carbons (Fsp3) is 0.143. The first-order valence-corrected chi connectivity index (χ1v) is 6.85. The zero-order valence-corrected chi connectivity index (χ0v) is 12.4. The fourth-order valence-electron chi connectivity index (χ4n) is 1.65. The minimum absolute atomic E-state index is 0.768. The van der Waals surface area contributed by atoms with Gasteiger partial charge in [-0.15, -0.1) is 0 Å². The summed E-state index contributed by atoms with van der Waals surface area (Å²) in [7, 11) is 0. The van der Waals surface area contributed by atoms with E-state index in [1.54, 1.807) is 0 Å². The lowest BCUT2D eigenvalue weighted by Gasteiger charge is -2.09. The summed E-state index contributed by atoms with van der Waals surface area (Å²) in [6.45, 7) is 2.89. The van der Waals surface area contributed by atoms with E-state index < -0.39 is 0 Å². The van der Waals surface area contributed by atoms with Crippen LogP contribution in [-0.2, 0) is 6.54 Å². The van der Waals surface area contributed by atoms with Crippen LogP contribution in [0.1, 0.15) is 11.1 Å². The minimum atomic E-state index is 0.768. The Balaban J connectivity index is 2.07. The molecular formula is C14H13ClIN. The zero-order chi connectivity index (χ0) is 12.3. The number of nitrogens with one attached hydrogen (secondary N) is 1. The van der Waals surface area contributed by atoms with Gasteiger partial charge in [0.1, 0.15) is 0 Å². The Kier molecular flexibility index (Phi) is 4.29. The monoisotopic (exact) mass is 357 g/mol. The first kappa shape index (κ1) is 12.7. The molecule has 17 heavy (non-hydrogen) atoms. The van der Waals surface area contributed by atoms with Crippen molar-refractivity contribution >= 4 is 39.9 Å². The number of hydrogen-bond acceptors (Lipinski definition) is 1. The molecule has 0 atom stereocenters. The molecule has 2 rings (SSSR count). The van der Waals surface area contributed by atoms with Crippen LogP contribution in [0.4, 0.5) is 5.69 Å². The molecule has 0 saturated heterocycles. The second kappa shape index (κ2) is 5.74. The van der Waals surface area contributed by atoms with E-state index in [0.717, 1.165) is 20.8 Å². The second-order valence-corrected chi connectivity index (χ2v) is 5.62. The topological polar surface area (TPSA) is 12.0 Å². The van der Waals surface area contributed by atoms with Crippen LogP contribution < -0.4 is 5.32 Å². The summed E-state index contributed by atoms with van der Waals surface area (Å²) in [5.74, 6) is 0. The summed E-state index contributed by atoms with van der Waals surface area (Å²) in [5.41, 5.74) is 3.52. The molecule has 0 bridgehead atoms. The van der Waals surface area contributed by atoms with E-state index in [-0.39, 0.29) is 0 Å². The highest BCUT2D eigenvalue weighted by molar-refractivity contribution is 14.1. The summed E-state index contributed by atoms with van der Waals surface area (Å²) in [5, 5.41) is 4.12. The van der Waals surface area contributed by atoms with Gasteiger partial charge in [0.2, 0.25) is 0 Å². The number of benzene rings is 2. The van der Waals surface area contributed by atoms with Gasteiger partial charge in [-0.25, -0.2) is 0 Å². The molecule has 1 N–H and O–H groups in total. The molecule has 0 aliphatic carbocycles.